The van der Waals surface area contributed by atoms with Crippen LogP contribution in [0.15, 0.2) is 18.2 Å². The molecule has 0 spiro atoms. The van der Waals surface area contributed by atoms with Gasteiger partial charge < -0.3 is 14.6 Å². The molecule has 96 valence electrons. The van der Waals surface area contributed by atoms with Gasteiger partial charge >= 0.3 is 5.97 Å². The second-order valence-corrected chi connectivity index (χ2v) is 4.30. The van der Waals surface area contributed by atoms with E-state index in [1.807, 2.05) is 18.2 Å². The highest BCUT2D eigenvalue weighted by Crippen LogP contribution is 2.28. The predicted molar refractivity (Wildman–Crippen MR) is 64.3 cm³/mol. The second kappa shape index (κ2) is 5.18. The van der Waals surface area contributed by atoms with Gasteiger partial charge in [-0.15, -0.1) is 0 Å². The van der Waals surface area contributed by atoms with E-state index in [4.69, 9.17) is 9.84 Å². The standard InChI is InChI=1S/C13H15NO4/c1-18-11-3-2-9-7-14(8-10(9)6-11)12(4-5-15)13(16)17/h2-3,5-6,12H,4,7-8H2,1H3,(H,16,17). The molecule has 1 aromatic rings. The van der Waals surface area contributed by atoms with Crippen LogP contribution < -0.4 is 4.74 Å². The minimum Gasteiger partial charge on any atom is -0.497 e. The number of hydrogen-bond acceptors (Lipinski definition) is 4. The number of methoxy groups -OCH3 is 1. The zero-order valence-electron chi connectivity index (χ0n) is 10.1. The molecule has 1 N–H and O–H groups in total. The van der Waals surface area contributed by atoms with Gasteiger partial charge in [-0.05, 0) is 23.3 Å². The summed E-state index contributed by atoms with van der Waals surface area (Å²) in [5.74, 6) is -0.195. The average molecular weight is 249 g/mol. The lowest BCUT2D eigenvalue weighted by Gasteiger charge is -2.21. The Hall–Kier alpha value is -1.88. The van der Waals surface area contributed by atoms with Crippen molar-refractivity contribution in [1.29, 1.82) is 0 Å². The molecule has 1 aliphatic heterocycles. The number of nitrogens with zero attached hydrogens (tertiary/aromatic N) is 1. The fraction of sp³-hybridized carbons (Fsp3) is 0.385. The summed E-state index contributed by atoms with van der Waals surface area (Å²) in [6, 6.07) is 4.96. The molecule has 0 bridgehead atoms. The number of rotatable bonds is 5. The van der Waals surface area contributed by atoms with Crippen LogP contribution in [-0.4, -0.2) is 35.4 Å². The molecule has 1 heterocycles. The third-order valence-corrected chi connectivity index (χ3v) is 3.21. The molecule has 0 aliphatic carbocycles. The summed E-state index contributed by atoms with van der Waals surface area (Å²) in [5.41, 5.74) is 2.15. The highest BCUT2D eigenvalue weighted by atomic mass is 16.5. The van der Waals surface area contributed by atoms with Crippen LogP contribution in [0.3, 0.4) is 0 Å². The number of carboxylic acids is 1. The van der Waals surface area contributed by atoms with Crippen molar-refractivity contribution >= 4 is 12.3 Å². The van der Waals surface area contributed by atoms with Crippen molar-refractivity contribution in [2.75, 3.05) is 7.11 Å². The number of carbonyl (C=O) groups is 2. The van der Waals surface area contributed by atoms with E-state index >= 15 is 0 Å². The van der Waals surface area contributed by atoms with Gasteiger partial charge in [-0.2, -0.15) is 0 Å². The first-order valence-corrected chi connectivity index (χ1v) is 5.72. The first kappa shape index (κ1) is 12.6. The van der Waals surface area contributed by atoms with E-state index in [0.717, 1.165) is 16.9 Å². The normalized spacial score (nSPS) is 16.1. The van der Waals surface area contributed by atoms with E-state index in [1.165, 1.54) is 0 Å². The van der Waals surface area contributed by atoms with Crippen LogP contribution >= 0.6 is 0 Å². The largest absolute Gasteiger partial charge is 0.497 e. The lowest BCUT2D eigenvalue weighted by Crippen LogP contribution is -2.37. The smallest absolute Gasteiger partial charge is 0.321 e. The number of carbonyl (C=O) groups excluding carboxylic acids is 1. The number of benzene rings is 1. The Bertz CT molecular complexity index is 472. The Balaban J connectivity index is 2.17. The topological polar surface area (TPSA) is 66.8 Å². The van der Waals surface area contributed by atoms with Gasteiger partial charge in [0.25, 0.3) is 0 Å². The minimum atomic E-state index is -0.957. The molecule has 0 amide bonds. The zero-order valence-corrected chi connectivity index (χ0v) is 10.1. The summed E-state index contributed by atoms with van der Waals surface area (Å²) in [7, 11) is 1.60. The van der Waals surface area contributed by atoms with Gasteiger partial charge in [-0.1, -0.05) is 6.07 Å². The van der Waals surface area contributed by atoms with Crippen LogP contribution in [0.5, 0.6) is 5.75 Å². The maximum atomic E-state index is 11.1. The van der Waals surface area contributed by atoms with Crippen LogP contribution in [0.2, 0.25) is 0 Å². The van der Waals surface area contributed by atoms with Crippen LogP contribution in [0.25, 0.3) is 0 Å². The van der Waals surface area contributed by atoms with Crippen LogP contribution in [0.1, 0.15) is 17.5 Å². The number of aldehydes is 1. The second-order valence-electron chi connectivity index (χ2n) is 4.30. The van der Waals surface area contributed by atoms with Gasteiger partial charge in [-0.3, -0.25) is 9.69 Å². The molecule has 1 aromatic carbocycles. The molecule has 1 atom stereocenters. The van der Waals surface area contributed by atoms with E-state index in [2.05, 4.69) is 0 Å². The van der Waals surface area contributed by atoms with Crippen molar-refractivity contribution in [2.45, 2.75) is 25.6 Å². The Morgan fingerprint density at radius 3 is 2.83 bits per heavy atom. The summed E-state index contributed by atoms with van der Waals surface area (Å²) in [5, 5.41) is 9.12. The summed E-state index contributed by atoms with van der Waals surface area (Å²) in [6.45, 7) is 1.10. The van der Waals surface area contributed by atoms with Crippen molar-refractivity contribution in [2.24, 2.45) is 0 Å². The first-order chi connectivity index (χ1) is 8.65. The van der Waals surface area contributed by atoms with E-state index in [9.17, 15) is 9.59 Å². The molecule has 18 heavy (non-hydrogen) atoms. The van der Waals surface area contributed by atoms with Crippen LogP contribution in [0, 0.1) is 0 Å². The number of aliphatic carboxylic acids is 1. The molecular formula is C13H15NO4. The molecule has 0 aromatic heterocycles. The average Bonchev–Trinajstić information content (AvgIpc) is 2.77. The molecule has 0 fully saturated rings. The number of carboxylic acid groups (broad SMARTS) is 1. The maximum absolute atomic E-state index is 11.1. The highest BCUT2D eigenvalue weighted by Gasteiger charge is 2.30. The Labute approximate surface area is 105 Å². The van der Waals surface area contributed by atoms with Gasteiger partial charge in [0.1, 0.15) is 18.1 Å². The molecule has 5 nitrogen and oxygen atoms in total. The molecule has 1 aliphatic rings. The summed E-state index contributed by atoms with van der Waals surface area (Å²) in [6.07, 6.45) is 0.669. The highest BCUT2D eigenvalue weighted by molar-refractivity contribution is 5.77. The van der Waals surface area contributed by atoms with E-state index < -0.39 is 12.0 Å². The zero-order chi connectivity index (χ0) is 13.1. The minimum absolute atomic E-state index is 0.0143. The van der Waals surface area contributed by atoms with Gasteiger partial charge in [0, 0.05) is 19.5 Å². The van der Waals surface area contributed by atoms with E-state index in [1.54, 1.807) is 12.0 Å². The fourth-order valence-corrected chi connectivity index (χ4v) is 2.24. The Morgan fingerprint density at radius 2 is 2.22 bits per heavy atom. The number of hydrogen-bond donors (Lipinski definition) is 1. The van der Waals surface area contributed by atoms with Crippen molar-refractivity contribution < 1.29 is 19.4 Å². The van der Waals surface area contributed by atoms with Gasteiger partial charge in [-0.25, -0.2) is 0 Å². The van der Waals surface area contributed by atoms with Crippen LogP contribution in [-0.2, 0) is 22.7 Å². The Morgan fingerprint density at radius 1 is 1.50 bits per heavy atom. The fourth-order valence-electron chi connectivity index (χ4n) is 2.24. The molecule has 2 rings (SSSR count). The summed E-state index contributed by atoms with van der Waals surface area (Å²) in [4.78, 5) is 23.5. The van der Waals surface area contributed by atoms with Crippen molar-refractivity contribution in [1.82, 2.24) is 4.90 Å². The lowest BCUT2D eigenvalue weighted by atomic mass is 10.1. The van der Waals surface area contributed by atoms with Crippen molar-refractivity contribution in [3.05, 3.63) is 29.3 Å². The Kier molecular flexibility index (Phi) is 3.62. The van der Waals surface area contributed by atoms with E-state index in [-0.39, 0.29) is 6.42 Å². The van der Waals surface area contributed by atoms with Crippen molar-refractivity contribution in [3.8, 4) is 5.75 Å². The number of fused-ring (bicyclic) bond motifs is 1. The monoisotopic (exact) mass is 249 g/mol. The predicted octanol–water partition coefficient (Wildman–Crippen LogP) is 1.05. The summed E-state index contributed by atoms with van der Waals surface area (Å²) >= 11 is 0. The quantitative estimate of drug-likeness (QED) is 0.790. The SMILES string of the molecule is COc1ccc2c(c1)CN(C(CC=O)C(=O)O)C2. The third kappa shape index (κ3) is 2.36. The third-order valence-electron chi connectivity index (χ3n) is 3.21. The molecule has 1 unspecified atom stereocenters. The number of ether oxygens (including phenoxy) is 1. The molecule has 5 heteroatoms. The molecule has 0 saturated heterocycles. The van der Waals surface area contributed by atoms with Crippen LogP contribution in [0.4, 0.5) is 0 Å². The maximum Gasteiger partial charge on any atom is 0.321 e. The molecular weight excluding hydrogens is 234 g/mol. The first-order valence-electron chi connectivity index (χ1n) is 5.72. The lowest BCUT2D eigenvalue weighted by molar-refractivity contribution is -0.144. The van der Waals surface area contributed by atoms with E-state index in [0.29, 0.717) is 19.4 Å². The summed E-state index contributed by atoms with van der Waals surface area (Å²) < 4.78 is 5.14. The van der Waals surface area contributed by atoms with Gasteiger partial charge in [0.05, 0.1) is 7.11 Å². The van der Waals surface area contributed by atoms with Crippen molar-refractivity contribution in [3.63, 3.8) is 0 Å². The molecule has 0 saturated carbocycles. The van der Waals surface area contributed by atoms with Gasteiger partial charge in [0.2, 0.25) is 0 Å². The molecule has 0 radical (unpaired) electrons. The van der Waals surface area contributed by atoms with Gasteiger partial charge in [0.15, 0.2) is 0 Å².